The Balaban J connectivity index is 1.78. The third-order valence-electron chi connectivity index (χ3n) is 3.60. The fourth-order valence-electron chi connectivity index (χ4n) is 2.79. The van der Waals surface area contributed by atoms with E-state index in [0.717, 1.165) is 18.4 Å². The Kier molecular flexibility index (Phi) is 4.00. The number of benzene rings is 1. The predicted octanol–water partition coefficient (Wildman–Crippen LogP) is 3.40. The average molecular weight is 217 g/mol. The van der Waals surface area contributed by atoms with Crippen LogP contribution in [0, 0.1) is 5.92 Å². The zero-order valence-electron chi connectivity index (χ0n) is 10.4. The second kappa shape index (κ2) is 5.49. The van der Waals surface area contributed by atoms with E-state index in [4.69, 9.17) is 0 Å². The van der Waals surface area contributed by atoms with E-state index in [9.17, 15) is 0 Å². The Labute approximate surface area is 99.3 Å². The lowest BCUT2D eigenvalue weighted by Gasteiger charge is -2.19. The molecule has 1 N–H and O–H groups in total. The van der Waals surface area contributed by atoms with Crippen LogP contribution in [0.5, 0.6) is 0 Å². The standard InChI is InChI=1S/C15H23N/c1-12-8-9-15(10-12)16-13(2)11-14-6-4-3-5-7-14/h3-7,12-13,15-16H,8-11H2,1-2H3. The normalized spacial score (nSPS) is 26.9. The van der Waals surface area contributed by atoms with Crippen LogP contribution in [0.4, 0.5) is 0 Å². The van der Waals surface area contributed by atoms with Gasteiger partial charge in [0.1, 0.15) is 0 Å². The maximum atomic E-state index is 3.76. The summed E-state index contributed by atoms with van der Waals surface area (Å²) in [7, 11) is 0. The lowest BCUT2D eigenvalue weighted by Crippen LogP contribution is -2.36. The number of rotatable bonds is 4. The van der Waals surface area contributed by atoms with Gasteiger partial charge in [-0.2, -0.15) is 0 Å². The molecule has 1 fully saturated rings. The van der Waals surface area contributed by atoms with Crippen LogP contribution in [0.3, 0.4) is 0 Å². The minimum atomic E-state index is 0.595. The molecule has 0 amide bonds. The van der Waals surface area contributed by atoms with Crippen molar-refractivity contribution < 1.29 is 0 Å². The molecule has 3 unspecified atom stereocenters. The summed E-state index contributed by atoms with van der Waals surface area (Å²) in [6, 6.07) is 12.1. The van der Waals surface area contributed by atoms with Crippen LogP contribution in [-0.2, 0) is 6.42 Å². The van der Waals surface area contributed by atoms with Crippen molar-refractivity contribution in [1.29, 1.82) is 0 Å². The van der Waals surface area contributed by atoms with Gasteiger partial charge in [0.25, 0.3) is 0 Å². The first-order valence-corrected chi connectivity index (χ1v) is 6.54. The van der Waals surface area contributed by atoms with Crippen LogP contribution >= 0.6 is 0 Å². The van der Waals surface area contributed by atoms with E-state index in [-0.39, 0.29) is 0 Å². The molecule has 2 rings (SSSR count). The van der Waals surface area contributed by atoms with Crippen LogP contribution in [0.1, 0.15) is 38.7 Å². The number of nitrogens with one attached hydrogen (secondary N) is 1. The highest BCUT2D eigenvalue weighted by Crippen LogP contribution is 2.25. The minimum absolute atomic E-state index is 0.595. The smallest absolute Gasteiger partial charge is 0.00817 e. The SMILES string of the molecule is CC1CCC(NC(C)Cc2ccccc2)C1. The van der Waals surface area contributed by atoms with Gasteiger partial charge in [-0.15, -0.1) is 0 Å². The van der Waals surface area contributed by atoms with Gasteiger partial charge >= 0.3 is 0 Å². The molecule has 16 heavy (non-hydrogen) atoms. The van der Waals surface area contributed by atoms with E-state index < -0.39 is 0 Å². The number of hydrogen-bond donors (Lipinski definition) is 1. The monoisotopic (exact) mass is 217 g/mol. The fraction of sp³-hybridized carbons (Fsp3) is 0.600. The summed E-state index contributed by atoms with van der Waals surface area (Å²) in [5.74, 6) is 0.918. The maximum absolute atomic E-state index is 3.76. The molecule has 1 aliphatic rings. The molecule has 1 aliphatic carbocycles. The summed E-state index contributed by atoms with van der Waals surface area (Å²) < 4.78 is 0. The summed E-state index contributed by atoms with van der Waals surface area (Å²) in [6.45, 7) is 4.67. The van der Waals surface area contributed by atoms with E-state index in [1.165, 1.54) is 24.8 Å². The zero-order valence-corrected chi connectivity index (χ0v) is 10.4. The molecular weight excluding hydrogens is 194 g/mol. The van der Waals surface area contributed by atoms with Gasteiger partial charge < -0.3 is 5.32 Å². The highest BCUT2D eigenvalue weighted by Gasteiger charge is 2.22. The molecule has 0 radical (unpaired) electrons. The molecule has 0 aliphatic heterocycles. The lowest BCUT2D eigenvalue weighted by molar-refractivity contribution is 0.438. The van der Waals surface area contributed by atoms with Gasteiger partial charge in [-0.05, 0) is 44.1 Å². The van der Waals surface area contributed by atoms with Gasteiger partial charge in [0.05, 0.1) is 0 Å². The van der Waals surface area contributed by atoms with Crippen LogP contribution < -0.4 is 5.32 Å². The van der Waals surface area contributed by atoms with E-state index in [0.29, 0.717) is 6.04 Å². The molecule has 1 saturated carbocycles. The third kappa shape index (κ3) is 3.34. The van der Waals surface area contributed by atoms with Gasteiger partial charge in [0, 0.05) is 12.1 Å². The van der Waals surface area contributed by atoms with E-state index in [1.807, 2.05) is 0 Å². The van der Waals surface area contributed by atoms with Crippen molar-refractivity contribution in [3.05, 3.63) is 35.9 Å². The van der Waals surface area contributed by atoms with Gasteiger partial charge in [0.15, 0.2) is 0 Å². The molecule has 88 valence electrons. The summed E-state index contributed by atoms with van der Waals surface area (Å²) in [6.07, 6.45) is 5.26. The zero-order chi connectivity index (χ0) is 11.4. The highest BCUT2D eigenvalue weighted by molar-refractivity contribution is 5.15. The Bertz CT molecular complexity index is 306. The summed E-state index contributed by atoms with van der Waals surface area (Å²) in [5.41, 5.74) is 1.44. The molecule has 3 atom stereocenters. The van der Waals surface area contributed by atoms with Gasteiger partial charge in [-0.25, -0.2) is 0 Å². The van der Waals surface area contributed by atoms with Crippen molar-refractivity contribution >= 4 is 0 Å². The topological polar surface area (TPSA) is 12.0 Å². The fourth-order valence-corrected chi connectivity index (χ4v) is 2.79. The van der Waals surface area contributed by atoms with E-state index >= 15 is 0 Å². The Morgan fingerprint density at radius 3 is 2.62 bits per heavy atom. The lowest BCUT2D eigenvalue weighted by atomic mass is 10.1. The molecule has 1 aromatic rings. The Hall–Kier alpha value is -0.820. The van der Waals surface area contributed by atoms with Crippen molar-refractivity contribution in [2.24, 2.45) is 5.92 Å². The van der Waals surface area contributed by atoms with Gasteiger partial charge in [-0.3, -0.25) is 0 Å². The van der Waals surface area contributed by atoms with Gasteiger partial charge in [0.2, 0.25) is 0 Å². The molecular formula is C15H23N. The van der Waals surface area contributed by atoms with E-state index in [1.54, 1.807) is 0 Å². The summed E-state index contributed by atoms with van der Waals surface area (Å²) >= 11 is 0. The highest BCUT2D eigenvalue weighted by atomic mass is 14.9. The molecule has 0 spiro atoms. The Morgan fingerprint density at radius 2 is 2.00 bits per heavy atom. The van der Waals surface area contributed by atoms with E-state index in [2.05, 4.69) is 49.5 Å². The van der Waals surface area contributed by atoms with Crippen molar-refractivity contribution in [3.8, 4) is 0 Å². The molecule has 1 aromatic carbocycles. The third-order valence-corrected chi connectivity index (χ3v) is 3.60. The molecule has 0 saturated heterocycles. The van der Waals surface area contributed by atoms with Crippen LogP contribution in [-0.4, -0.2) is 12.1 Å². The minimum Gasteiger partial charge on any atom is -0.311 e. The van der Waals surface area contributed by atoms with Crippen molar-refractivity contribution in [2.45, 2.75) is 51.6 Å². The molecule has 0 bridgehead atoms. The maximum Gasteiger partial charge on any atom is 0.00817 e. The van der Waals surface area contributed by atoms with Crippen LogP contribution in [0.15, 0.2) is 30.3 Å². The molecule has 1 nitrogen and oxygen atoms in total. The van der Waals surface area contributed by atoms with Crippen LogP contribution in [0.25, 0.3) is 0 Å². The van der Waals surface area contributed by atoms with Crippen molar-refractivity contribution in [2.75, 3.05) is 0 Å². The quantitative estimate of drug-likeness (QED) is 0.815. The average Bonchev–Trinajstić information content (AvgIpc) is 2.65. The summed E-state index contributed by atoms with van der Waals surface area (Å²) in [5, 5.41) is 3.76. The van der Waals surface area contributed by atoms with Crippen LogP contribution in [0.2, 0.25) is 0 Å². The molecule has 0 aromatic heterocycles. The van der Waals surface area contributed by atoms with Crippen molar-refractivity contribution in [1.82, 2.24) is 5.32 Å². The second-order valence-corrected chi connectivity index (χ2v) is 5.37. The Morgan fingerprint density at radius 1 is 1.25 bits per heavy atom. The number of hydrogen-bond acceptors (Lipinski definition) is 1. The summed E-state index contributed by atoms with van der Waals surface area (Å²) in [4.78, 5) is 0. The first-order chi connectivity index (χ1) is 7.74. The van der Waals surface area contributed by atoms with Crippen molar-refractivity contribution in [3.63, 3.8) is 0 Å². The first-order valence-electron chi connectivity index (χ1n) is 6.54. The predicted molar refractivity (Wildman–Crippen MR) is 69.5 cm³/mol. The largest absolute Gasteiger partial charge is 0.311 e. The first kappa shape index (κ1) is 11.7. The second-order valence-electron chi connectivity index (χ2n) is 5.37. The molecule has 1 heteroatoms. The molecule has 0 heterocycles. The van der Waals surface area contributed by atoms with Gasteiger partial charge in [-0.1, -0.05) is 37.3 Å².